The molecule has 1 amide bonds. The highest BCUT2D eigenvalue weighted by molar-refractivity contribution is 7.95. The van der Waals surface area contributed by atoms with E-state index in [1.807, 2.05) is 6.07 Å². The van der Waals surface area contributed by atoms with Crippen LogP contribution in [-0.2, 0) is 0 Å². The van der Waals surface area contributed by atoms with Crippen LogP contribution >= 0.6 is 32.5 Å². The predicted molar refractivity (Wildman–Crippen MR) is 174 cm³/mol. The van der Waals surface area contributed by atoms with Crippen molar-refractivity contribution < 1.29 is 9.28 Å². The highest BCUT2D eigenvalue weighted by atomic mass is 32.1. The van der Waals surface area contributed by atoms with Gasteiger partial charge in [-0.2, -0.15) is 0 Å². The number of hydrogen-bond acceptors (Lipinski definition) is 3. The molecular weight excluding hydrogens is 535 g/mol. The van der Waals surface area contributed by atoms with E-state index in [2.05, 4.69) is 136 Å². The van der Waals surface area contributed by atoms with Crippen LogP contribution in [0, 0.1) is 0 Å². The minimum absolute atomic E-state index is 0.0744. The first-order valence-corrected chi connectivity index (χ1v) is 16.4. The van der Waals surface area contributed by atoms with Crippen LogP contribution < -0.4 is 21.2 Å². The van der Waals surface area contributed by atoms with Crippen molar-refractivity contribution in [1.29, 1.82) is 0 Å². The molecule has 0 atom stereocenters. The smallest absolute Gasteiger partial charge is 0.251 e. The Morgan fingerprint density at radius 3 is 1.59 bits per heavy atom. The third kappa shape index (κ3) is 7.77. The summed E-state index contributed by atoms with van der Waals surface area (Å²) >= 11 is 8.72. The summed E-state index contributed by atoms with van der Waals surface area (Å²) in [6, 6.07) is 38.7. The van der Waals surface area contributed by atoms with Crippen molar-refractivity contribution in [2.75, 3.05) is 39.9 Å². The normalized spacial score (nSPS) is 11.8. The minimum Gasteiger partial charge on any atom is -0.352 e. The summed E-state index contributed by atoms with van der Waals surface area (Å²) in [6.45, 7) is 2.72. The Labute approximate surface area is 245 Å². The number of quaternary nitrogens is 1. The van der Waals surface area contributed by atoms with E-state index in [1.54, 1.807) is 12.1 Å². The van der Waals surface area contributed by atoms with Gasteiger partial charge in [-0.3, -0.25) is 4.79 Å². The summed E-state index contributed by atoms with van der Waals surface area (Å²) in [6.07, 6.45) is 3.16. The van der Waals surface area contributed by atoms with Gasteiger partial charge in [0.1, 0.15) is 23.2 Å². The van der Waals surface area contributed by atoms with Gasteiger partial charge in [0.2, 0.25) is 0 Å². The van der Waals surface area contributed by atoms with Crippen LogP contribution in [0.4, 0.5) is 0 Å². The molecule has 1 N–H and O–H groups in total. The maximum atomic E-state index is 12.6. The molecule has 0 radical (unpaired) electrons. The van der Waals surface area contributed by atoms with Crippen LogP contribution in [0.1, 0.15) is 23.2 Å². The molecule has 39 heavy (non-hydrogen) atoms. The van der Waals surface area contributed by atoms with E-state index in [9.17, 15) is 4.79 Å². The van der Waals surface area contributed by atoms with Crippen molar-refractivity contribution in [3.05, 3.63) is 115 Å². The zero-order valence-corrected chi connectivity index (χ0v) is 25.5. The van der Waals surface area contributed by atoms with Crippen LogP contribution in [-0.4, -0.2) is 50.3 Å². The number of hydrogen-bond donors (Lipinski definition) is 3. The second-order valence-corrected chi connectivity index (χ2v) is 15.3. The second kappa shape index (κ2) is 13.7. The van der Waals surface area contributed by atoms with Crippen LogP contribution in [0.2, 0.25) is 0 Å². The van der Waals surface area contributed by atoms with E-state index >= 15 is 0 Å². The topological polar surface area (TPSA) is 29.1 Å². The fourth-order valence-electron chi connectivity index (χ4n) is 5.27. The lowest BCUT2D eigenvalue weighted by molar-refractivity contribution is -0.890. The Hall–Kier alpha value is -2.56. The number of thiol groups is 2. The van der Waals surface area contributed by atoms with Crippen LogP contribution in [0.5, 0.6) is 0 Å². The van der Waals surface area contributed by atoms with Gasteiger partial charge in [-0.1, -0.05) is 54.6 Å². The first-order chi connectivity index (χ1) is 18.8. The zero-order valence-electron chi connectivity index (χ0n) is 22.8. The standard InChI is InChI=1S/C33H37N2OPS2/c1-35(2,21-12-20-34-33(36)27-24-31(38)26-32(39)25-27)22-13-23-37(28-14-6-3-7-15-28,29-16-8-4-9-17-29)30-18-10-5-11-19-30/h3-11,14-19,24-26H,12-13,20-23H2,1-2H3,(H-2,34,36,38,39)/p+2. The van der Waals surface area contributed by atoms with E-state index < -0.39 is 7.26 Å². The predicted octanol–water partition coefficient (Wildman–Crippen LogP) is 5.84. The van der Waals surface area contributed by atoms with Gasteiger partial charge in [0.25, 0.3) is 5.91 Å². The van der Waals surface area contributed by atoms with Crippen molar-refractivity contribution in [2.45, 2.75) is 22.6 Å². The largest absolute Gasteiger partial charge is 0.352 e. The molecule has 0 bridgehead atoms. The van der Waals surface area contributed by atoms with E-state index in [0.29, 0.717) is 12.1 Å². The fourth-order valence-corrected chi connectivity index (χ4v) is 10.3. The summed E-state index contributed by atoms with van der Waals surface area (Å²) in [5, 5.41) is 7.37. The fraction of sp³-hybridized carbons (Fsp3) is 0.242. The molecule has 0 aliphatic carbocycles. The van der Waals surface area contributed by atoms with Gasteiger partial charge in [0.15, 0.2) is 0 Å². The molecule has 0 unspecified atom stereocenters. The number of carbonyl (C=O) groups excluding carboxylic acids is 1. The van der Waals surface area contributed by atoms with E-state index in [-0.39, 0.29) is 5.91 Å². The minimum atomic E-state index is -1.81. The van der Waals surface area contributed by atoms with E-state index in [1.165, 1.54) is 15.9 Å². The first-order valence-electron chi connectivity index (χ1n) is 13.5. The van der Waals surface area contributed by atoms with Gasteiger partial charge in [-0.15, -0.1) is 25.3 Å². The van der Waals surface area contributed by atoms with E-state index in [4.69, 9.17) is 0 Å². The highest BCUT2D eigenvalue weighted by Gasteiger charge is 2.45. The molecule has 0 aliphatic rings. The third-order valence-corrected chi connectivity index (χ3v) is 12.3. The van der Waals surface area contributed by atoms with Gasteiger partial charge in [-0.05, 0) is 54.6 Å². The molecule has 0 heterocycles. The Bertz CT molecular complexity index is 1230. The molecule has 4 rings (SSSR count). The van der Waals surface area contributed by atoms with Crippen molar-refractivity contribution in [3.63, 3.8) is 0 Å². The molecule has 202 valence electrons. The molecule has 0 aliphatic heterocycles. The lowest BCUT2D eigenvalue weighted by Gasteiger charge is -2.32. The second-order valence-electron chi connectivity index (χ2n) is 10.6. The Morgan fingerprint density at radius 1 is 0.692 bits per heavy atom. The number of carbonyl (C=O) groups is 1. The molecule has 4 aromatic carbocycles. The zero-order chi connectivity index (χ0) is 27.7. The summed E-state index contributed by atoms with van der Waals surface area (Å²) in [7, 11) is 2.79. The van der Waals surface area contributed by atoms with Gasteiger partial charge in [0.05, 0.1) is 33.3 Å². The quantitative estimate of drug-likeness (QED) is 0.0844. The maximum Gasteiger partial charge on any atom is 0.251 e. The van der Waals surface area contributed by atoms with Gasteiger partial charge >= 0.3 is 0 Å². The molecule has 0 aromatic heterocycles. The number of benzene rings is 4. The lowest BCUT2D eigenvalue weighted by atomic mass is 10.2. The first kappa shape index (κ1) is 29.4. The molecule has 0 spiro atoms. The monoisotopic (exact) mass is 574 g/mol. The number of nitrogens with zero attached hydrogens (tertiary/aromatic N) is 1. The summed E-state index contributed by atoms with van der Waals surface area (Å²) < 4.78 is 0.918. The molecule has 4 aromatic rings. The van der Waals surface area contributed by atoms with Crippen LogP contribution in [0.15, 0.2) is 119 Å². The number of nitrogens with one attached hydrogen (secondary N) is 1. The third-order valence-electron chi connectivity index (χ3n) is 7.24. The molecule has 0 fully saturated rings. The van der Waals surface area contributed by atoms with Crippen LogP contribution in [0.25, 0.3) is 0 Å². The molecule has 3 nitrogen and oxygen atoms in total. The lowest BCUT2D eigenvalue weighted by Crippen LogP contribution is -2.43. The summed E-state index contributed by atoms with van der Waals surface area (Å²) in [4.78, 5) is 14.1. The van der Waals surface area contributed by atoms with Gasteiger partial charge in [-0.25, -0.2) is 0 Å². The summed E-state index contributed by atoms with van der Waals surface area (Å²) in [5.74, 6) is -0.0744. The Kier molecular flexibility index (Phi) is 10.3. The Morgan fingerprint density at radius 2 is 1.13 bits per heavy atom. The average Bonchev–Trinajstić information content (AvgIpc) is 2.94. The average molecular weight is 575 g/mol. The van der Waals surface area contributed by atoms with Crippen LogP contribution in [0.3, 0.4) is 0 Å². The van der Waals surface area contributed by atoms with Crippen molar-refractivity contribution in [1.82, 2.24) is 5.32 Å². The maximum absolute atomic E-state index is 12.6. The van der Waals surface area contributed by atoms with Gasteiger partial charge < -0.3 is 9.80 Å². The van der Waals surface area contributed by atoms with E-state index in [0.717, 1.165) is 46.4 Å². The molecular formula is C33H39N2OPS2+2. The van der Waals surface area contributed by atoms with Crippen molar-refractivity contribution >= 4 is 54.3 Å². The van der Waals surface area contributed by atoms with Gasteiger partial charge in [0, 0.05) is 34.7 Å². The number of amides is 1. The summed E-state index contributed by atoms with van der Waals surface area (Å²) in [5.41, 5.74) is 0.601. The molecule has 6 heteroatoms. The molecule has 0 saturated carbocycles. The SMILES string of the molecule is C[N+](C)(CCCNC(=O)c1cc(S)cc(S)c1)CCC[P+](c1ccccc1)(c1ccccc1)c1ccccc1. The van der Waals surface area contributed by atoms with Crippen molar-refractivity contribution in [2.24, 2.45) is 0 Å². The highest BCUT2D eigenvalue weighted by Crippen LogP contribution is 2.55. The Balaban J connectivity index is 1.42. The number of rotatable bonds is 12. The molecule has 0 saturated heterocycles. The van der Waals surface area contributed by atoms with Crippen molar-refractivity contribution in [3.8, 4) is 0 Å².